The summed E-state index contributed by atoms with van der Waals surface area (Å²) in [5, 5.41) is 3.08. The van der Waals surface area contributed by atoms with E-state index in [9.17, 15) is 4.79 Å². The second-order valence-corrected chi connectivity index (χ2v) is 6.17. The van der Waals surface area contributed by atoms with E-state index in [1.54, 1.807) is 6.07 Å². The Kier molecular flexibility index (Phi) is 3.66. The van der Waals surface area contributed by atoms with Gasteiger partial charge in [0.05, 0.1) is 17.9 Å². The second kappa shape index (κ2) is 5.43. The molecule has 0 saturated carbocycles. The van der Waals surface area contributed by atoms with Crippen LogP contribution in [0.1, 0.15) is 28.4 Å². The zero-order valence-corrected chi connectivity index (χ0v) is 12.5. The van der Waals surface area contributed by atoms with Gasteiger partial charge in [-0.3, -0.25) is 4.79 Å². The van der Waals surface area contributed by atoms with E-state index >= 15 is 0 Å². The van der Waals surface area contributed by atoms with Gasteiger partial charge in [-0.2, -0.15) is 0 Å². The monoisotopic (exact) mass is 337 g/mol. The molecule has 1 aromatic carbocycles. The zero-order chi connectivity index (χ0) is 13.2. The van der Waals surface area contributed by atoms with Crippen LogP contribution in [-0.2, 0) is 0 Å². The molecule has 3 rings (SSSR count). The number of carbonyl (C=O) groups is 1. The lowest BCUT2D eigenvalue weighted by Crippen LogP contribution is -2.30. The zero-order valence-electron chi connectivity index (χ0n) is 10.1. The van der Waals surface area contributed by atoms with Crippen LogP contribution in [0.25, 0.3) is 0 Å². The van der Waals surface area contributed by atoms with Crippen molar-refractivity contribution < 1.29 is 9.21 Å². The van der Waals surface area contributed by atoms with Crippen LogP contribution < -0.4 is 5.32 Å². The fourth-order valence-corrected chi connectivity index (χ4v) is 3.73. The lowest BCUT2D eigenvalue weighted by molar-refractivity contribution is 0.0933. The van der Waals surface area contributed by atoms with Gasteiger partial charge in [0, 0.05) is 10.6 Å². The van der Waals surface area contributed by atoms with E-state index in [-0.39, 0.29) is 11.9 Å². The van der Waals surface area contributed by atoms with Crippen LogP contribution in [0.15, 0.2) is 50.6 Å². The lowest BCUT2D eigenvalue weighted by Gasteiger charge is -2.25. The third-order valence-corrected chi connectivity index (χ3v) is 4.86. The maximum absolute atomic E-state index is 12.2. The molecule has 98 valence electrons. The standard InChI is InChI=1S/C14H12BrNO2S/c15-13-10(5-7-18-13)14(17)16-11-6-8-19-12-4-2-1-3-9(11)12/h1-5,7,11H,6,8H2,(H,16,17). The first kappa shape index (κ1) is 12.8. The van der Waals surface area contributed by atoms with Crippen LogP contribution in [0, 0.1) is 0 Å². The molecule has 5 heteroatoms. The smallest absolute Gasteiger partial charge is 0.256 e. The first-order chi connectivity index (χ1) is 9.25. The predicted molar refractivity (Wildman–Crippen MR) is 78.4 cm³/mol. The maximum Gasteiger partial charge on any atom is 0.256 e. The van der Waals surface area contributed by atoms with Gasteiger partial charge in [-0.1, -0.05) is 18.2 Å². The summed E-state index contributed by atoms with van der Waals surface area (Å²) in [5.74, 6) is 0.918. The Morgan fingerprint density at radius 1 is 1.37 bits per heavy atom. The van der Waals surface area contributed by atoms with Crippen LogP contribution in [-0.4, -0.2) is 11.7 Å². The van der Waals surface area contributed by atoms with Gasteiger partial charge in [0.1, 0.15) is 0 Å². The number of benzene rings is 1. The molecule has 0 bridgehead atoms. The van der Waals surface area contributed by atoms with E-state index in [1.165, 1.54) is 16.7 Å². The molecule has 19 heavy (non-hydrogen) atoms. The number of hydrogen-bond acceptors (Lipinski definition) is 3. The van der Waals surface area contributed by atoms with Crippen molar-refractivity contribution in [1.29, 1.82) is 0 Å². The van der Waals surface area contributed by atoms with Crippen LogP contribution >= 0.6 is 27.7 Å². The largest absolute Gasteiger partial charge is 0.457 e. The summed E-state index contributed by atoms with van der Waals surface area (Å²) in [6.07, 6.45) is 2.45. The molecule has 1 unspecified atom stereocenters. The van der Waals surface area contributed by atoms with E-state index in [1.807, 2.05) is 23.9 Å². The Morgan fingerprint density at radius 2 is 2.21 bits per heavy atom. The number of amides is 1. The quantitative estimate of drug-likeness (QED) is 0.900. The van der Waals surface area contributed by atoms with Gasteiger partial charge in [0.25, 0.3) is 5.91 Å². The summed E-state index contributed by atoms with van der Waals surface area (Å²) < 4.78 is 5.57. The fraction of sp³-hybridized carbons (Fsp3) is 0.214. The van der Waals surface area contributed by atoms with Gasteiger partial charge >= 0.3 is 0 Å². The number of carbonyl (C=O) groups excluding carboxylic acids is 1. The van der Waals surface area contributed by atoms with E-state index in [0.717, 1.165) is 12.2 Å². The molecule has 1 aliphatic heterocycles. The minimum atomic E-state index is -0.104. The Morgan fingerprint density at radius 3 is 3.00 bits per heavy atom. The van der Waals surface area contributed by atoms with Crippen LogP contribution in [0.4, 0.5) is 0 Å². The first-order valence-corrected chi connectivity index (χ1v) is 7.79. The predicted octanol–water partition coefficient (Wildman–Crippen LogP) is 4.01. The summed E-state index contributed by atoms with van der Waals surface area (Å²) in [5.41, 5.74) is 1.74. The van der Waals surface area contributed by atoms with E-state index in [4.69, 9.17) is 4.42 Å². The molecule has 1 amide bonds. The number of halogens is 1. The summed E-state index contributed by atoms with van der Waals surface area (Å²) >= 11 is 5.07. The number of nitrogens with one attached hydrogen (secondary N) is 1. The summed E-state index contributed by atoms with van der Waals surface area (Å²) in [6, 6.07) is 9.97. The SMILES string of the molecule is O=C(NC1CCSc2ccccc21)c1ccoc1Br. The highest BCUT2D eigenvalue weighted by Gasteiger charge is 2.23. The van der Waals surface area contributed by atoms with Crippen LogP contribution in [0.2, 0.25) is 0 Å². The number of furan rings is 1. The summed E-state index contributed by atoms with van der Waals surface area (Å²) in [7, 11) is 0. The number of hydrogen-bond donors (Lipinski definition) is 1. The molecule has 1 N–H and O–H groups in total. The molecule has 0 radical (unpaired) electrons. The third kappa shape index (κ3) is 2.58. The molecule has 0 spiro atoms. The molecule has 1 aliphatic rings. The normalized spacial score (nSPS) is 17.8. The van der Waals surface area contributed by atoms with Gasteiger partial charge < -0.3 is 9.73 Å². The van der Waals surface area contributed by atoms with Crippen LogP contribution in [0.5, 0.6) is 0 Å². The lowest BCUT2D eigenvalue weighted by atomic mass is 10.0. The first-order valence-electron chi connectivity index (χ1n) is 6.01. The molecule has 2 aromatic rings. The van der Waals surface area contributed by atoms with E-state index in [2.05, 4.69) is 33.4 Å². The summed E-state index contributed by atoms with van der Waals surface area (Å²) in [6.45, 7) is 0. The van der Waals surface area contributed by atoms with Crippen LogP contribution in [0.3, 0.4) is 0 Å². The van der Waals surface area contributed by atoms with E-state index < -0.39 is 0 Å². The van der Waals surface area contributed by atoms with Crippen molar-refractivity contribution >= 4 is 33.6 Å². The van der Waals surface area contributed by atoms with Gasteiger partial charge in [0.15, 0.2) is 4.67 Å². The second-order valence-electron chi connectivity index (χ2n) is 4.31. The Bertz CT molecular complexity index is 611. The van der Waals surface area contributed by atoms with Crippen molar-refractivity contribution in [2.24, 2.45) is 0 Å². The molecule has 1 atom stereocenters. The molecule has 1 aromatic heterocycles. The van der Waals surface area contributed by atoms with Gasteiger partial charge in [0.2, 0.25) is 0 Å². The van der Waals surface area contributed by atoms with Crippen molar-refractivity contribution in [2.45, 2.75) is 17.4 Å². The van der Waals surface area contributed by atoms with E-state index in [0.29, 0.717) is 10.2 Å². The Hall–Kier alpha value is -1.20. The maximum atomic E-state index is 12.2. The molecule has 0 saturated heterocycles. The highest BCUT2D eigenvalue weighted by molar-refractivity contribution is 9.10. The van der Waals surface area contributed by atoms with Crippen molar-refractivity contribution in [3.05, 3.63) is 52.4 Å². The highest BCUT2D eigenvalue weighted by Crippen LogP contribution is 2.36. The molecule has 0 aliphatic carbocycles. The molecule has 3 nitrogen and oxygen atoms in total. The minimum Gasteiger partial charge on any atom is -0.457 e. The Balaban J connectivity index is 1.82. The number of rotatable bonds is 2. The highest BCUT2D eigenvalue weighted by atomic mass is 79.9. The van der Waals surface area contributed by atoms with Crippen molar-refractivity contribution in [1.82, 2.24) is 5.32 Å². The molecule has 2 heterocycles. The number of thioether (sulfide) groups is 1. The topological polar surface area (TPSA) is 42.2 Å². The number of fused-ring (bicyclic) bond motifs is 1. The molecular formula is C14H12BrNO2S. The molecule has 0 fully saturated rings. The summed E-state index contributed by atoms with van der Waals surface area (Å²) in [4.78, 5) is 13.5. The van der Waals surface area contributed by atoms with Gasteiger partial charge in [-0.15, -0.1) is 11.8 Å². The van der Waals surface area contributed by atoms with Gasteiger partial charge in [-0.25, -0.2) is 0 Å². The third-order valence-electron chi connectivity index (χ3n) is 3.13. The average molecular weight is 338 g/mol. The Labute approximate surface area is 123 Å². The van der Waals surface area contributed by atoms with Crippen molar-refractivity contribution in [2.75, 3.05) is 5.75 Å². The van der Waals surface area contributed by atoms with Crippen molar-refractivity contribution in [3.8, 4) is 0 Å². The minimum absolute atomic E-state index is 0.0757. The average Bonchev–Trinajstić information content (AvgIpc) is 2.85. The van der Waals surface area contributed by atoms with Gasteiger partial charge in [-0.05, 0) is 40.0 Å². The fourth-order valence-electron chi connectivity index (χ4n) is 2.18. The molecular weight excluding hydrogens is 326 g/mol. The van der Waals surface area contributed by atoms with Crippen molar-refractivity contribution in [3.63, 3.8) is 0 Å².